The normalized spacial score (nSPS) is 15.6. The molecule has 8 nitrogen and oxygen atoms in total. The zero-order valence-electron chi connectivity index (χ0n) is 25.6. The van der Waals surface area contributed by atoms with E-state index < -0.39 is 11.6 Å². The summed E-state index contributed by atoms with van der Waals surface area (Å²) in [5, 5.41) is 11.2. The van der Waals surface area contributed by atoms with E-state index in [9.17, 15) is 5.26 Å². The molecule has 4 heterocycles. The molecule has 0 atom stereocenters. The Morgan fingerprint density at radius 3 is 2.59 bits per heavy atom. The van der Waals surface area contributed by atoms with E-state index in [0.29, 0.717) is 31.0 Å². The van der Waals surface area contributed by atoms with Crippen molar-refractivity contribution in [3.05, 3.63) is 65.0 Å². The van der Waals surface area contributed by atoms with Crippen LogP contribution in [-0.2, 0) is 6.42 Å². The molecule has 0 aliphatic carbocycles. The average molecular weight is 618 g/mol. The number of anilines is 2. The molecule has 230 valence electrons. The number of rotatable bonds is 8. The van der Waals surface area contributed by atoms with E-state index in [1.807, 2.05) is 30.9 Å². The Kier molecular flexibility index (Phi) is 8.67. The first-order valence-electron chi connectivity index (χ1n) is 15.0. The van der Waals surface area contributed by atoms with Gasteiger partial charge in [0.1, 0.15) is 12.7 Å². The lowest BCUT2D eigenvalue weighted by molar-refractivity contribution is 0.229. The smallest absolute Gasteiger partial charge is 0.186 e. The van der Waals surface area contributed by atoms with Gasteiger partial charge in [0.2, 0.25) is 0 Å². The molecule has 2 aliphatic heterocycles. The van der Waals surface area contributed by atoms with Gasteiger partial charge in [-0.2, -0.15) is 5.26 Å². The summed E-state index contributed by atoms with van der Waals surface area (Å²) in [5.41, 5.74) is 3.24. The predicted octanol–water partition coefficient (Wildman–Crippen LogP) is 5.39. The third kappa shape index (κ3) is 6.07. The minimum absolute atomic E-state index is 0.0511. The molecule has 2 aliphatic rings. The van der Waals surface area contributed by atoms with Crippen LogP contribution < -0.4 is 14.5 Å². The Balaban J connectivity index is 1.26. The standard InChI is InChI=1S/C33H37F2N7OS/c1-21(2)42-13-14-43-32-25(34)17-23(18-29(32)42)31-24(19-36)27(37-20-26(31)35)15-22-5-6-30-28(16-22)38-33(44-30)41-11-9-40(10-12-41)8-7-39(3)4/h5-6,16-18,20-21H,7-15H2,1-4H3. The fourth-order valence-electron chi connectivity index (χ4n) is 5.95. The molecule has 2 aromatic carbocycles. The first-order chi connectivity index (χ1) is 21.2. The number of pyridine rings is 1. The van der Waals surface area contributed by atoms with Gasteiger partial charge in [-0.05, 0) is 63.3 Å². The lowest BCUT2D eigenvalue weighted by Crippen LogP contribution is -2.48. The van der Waals surface area contributed by atoms with Gasteiger partial charge >= 0.3 is 0 Å². The molecule has 6 rings (SSSR count). The number of ether oxygens (including phenoxy) is 1. The van der Waals surface area contributed by atoms with Gasteiger partial charge in [0, 0.05) is 57.3 Å². The molecule has 0 N–H and O–H groups in total. The minimum atomic E-state index is -0.668. The molecule has 0 amide bonds. The summed E-state index contributed by atoms with van der Waals surface area (Å²) >= 11 is 1.68. The molecule has 2 aromatic heterocycles. The molecule has 0 radical (unpaired) electrons. The Hall–Kier alpha value is -3.85. The van der Waals surface area contributed by atoms with Crippen molar-refractivity contribution in [1.82, 2.24) is 19.8 Å². The van der Waals surface area contributed by atoms with Gasteiger partial charge in [-0.3, -0.25) is 9.88 Å². The van der Waals surface area contributed by atoms with Crippen LogP contribution in [0.1, 0.15) is 30.7 Å². The summed E-state index contributed by atoms with van der Waals surface area (Å²) in [6.45, 7) is 11.0. The largest absolute Gasteiger partial charge is 0.486 e. The fraction of sp³-hybridized carbons (Fsp3) is 0.424. The van der Waals surface area contributed by atoms with Crippen molar-refractivity contribution in [3.8, 4) is 22.9 Å². The monoisotopic (exact) mass is 617 g/mol. The maximum absolute atomic E-state index is 15.4. The molecule has 0 bridgehead atoms. The summed E-state index contributed by atoms with van der Waals surface area (Å²) in [5.74, 6) is -1.09. The van der Waals surface area contributed by atoms with Crippen molar-refractivity contribution in [1.29, 1.82) is 5.26 Å². The van der Waals surface area contributed by atoms with Gasteiger partial charge in [0.05, 0.1) is 39.9 Å². The van der Waals surface area contributed by atoms with Crippen LogP contribution in [0.3, 0.4) is 0 Å². The minimum Gasteiger partial charge on any atom is -0.486 e. The Bertz CT molecular complexity index is 1710. The fourth-order valence-corrected chi connectivity index (χ4v) is 6.95. The highest BCUT2D eigenvalue weighted by Gasteiger charge is 2.27. The van der Waals surface area contributed by atoms with Crippen LogP contribution in [0.2, 0.25) is 0 Å². The molecule has 0 saturated carbocycles. The first kappa shape index (κ1) is 30.2. The predicted molar refractivity (Wildman–Crippen MR) is 172 cm³/mol. The van der Waals surface area contributed by atoms with Gasteiger partial charge < -0.3 is 19.4 Å². The lowest BCUT2D eigenvalue weighted by atomic mass is 9.95. The second kappa shape index (κ2) is 12.6. The number of thiazole rings is 1. The van der Waals surface area contributed by atoms with Gasteiger partial charge in [0.15, 0.2) is 22.5 Å². The zero-order chi connectivity index (χ0) is 31.0. The van der Waals surface area contributed by atoms with Crippen LogP contribution in [-0.4, -0.2) is 92.3 Å². The Labute approximate surface area is 261 Å². The summed E-state index contributed by atoms with van der Waals surface area (Å²) in [4.78, 5) is 18.3. The third-order valence-corrected chi connectivity index (χ3v) is 9.46. The topological polar surface area (TPSA) is 71.8 Å². The Morgan fingerprint density at radius 1 is 1.07 bits per heavy atom. The molecular weight excluding hydrogens is 580 g/mol. The van der Waals surface area contributed by atoms with E-state index in [1.54, 1.807) is 17.4 Å². The second-order valence-corrected chi connectivity index (χ2v) is 13.0. The number of piperazine rings is 1. The molecule has 1 fully saturated rings. The van der Waals surface area contributed by atoms with Crippen molar-refractivity contribution in [2.45, 2.75) is 26.3 Å². The quantitative estimate of drug-likeness (QED) is 0.261. The van der Waals surface area contributed by atoms with Crippen molar-refractivity contribution < 1.29 is 13.5 Å². The number of benzene rings is 2. The number of nitrogens with zero attached hydrogens (tertiary/aromatic N) is 7. The van der Waals surface area contributed by atoms with Gasteiger partial charge in [-0.25, -0.2) is 13.8 Å². The maximum Gasteiger partial charge on any atom is 0.186 e. The van der Waals surface area contributed by atoms with E-state index in [1.165, 1.54) is 6.07 Å². The van der Waals surface area contributed by atoms with E-state index in [4.69, 9.17) is 9.72 Å². The molecule has 4 aromatic rings. The van der Waals surface area contributed by atoms with Crippen LogP contribution in [0.15, 0.2) is 36.5 Å². The highest BCUT2D eigenvalue weighted by molar-refractivity contribution is 7.22. The highest BCUT2D eigenvalue weighted by Crippen LogP contribution is 2.41. The van der Waals surface area contributed by atoms with Crippen LogP contribution in [0.5, 0.6) is 5.75 Å². The summed E-state index contributed by atoms with van der Waals surface area (Å²) < 4.78 is 37.3. The van der Waals surface area contributed by atoms with E-state index in [0.717, 1.165) is 66.4 Å². The zero-order valence-corrected chi connectivity index (χ0v) is 26.4. The number of aromatic nitrogens is 2. The first-order valence-corrected chi connectivity index (χ1v) is 15.9. The van der Waals surface area contributed by atoms with Crippen LogP contribution in [0.25, 0.3) is 21.3 Å². The molecular formula is C33H37F2N7OS. The van der Waals surface area contributed by atoms with Crippen molar-refractivity contribution in [2.24, 2.45) is 0 Å². The van der Waals surface area contributed by atoms with Crippen LogP contribution >= 0.6 is 11.3 Å². The number of fused-ring (bicyclic) bond motifs is 2. The number of hydrogen-bond acceptors (Lipinski definition) is 9. The van der Waals surface area contributed by atoms with Crippen LogP contribution in [0, 0.1) is 23.0 Å². The number of likely N-dealkylation sites (N-methyl/N-ethyl adjacent to an activating group) is 1. The number of hydrogen-bond donors (Lipinski definition) is 0. The van der Waals surface area contributed by atoms with Crippen molar-refractivity contribution in [2.75, 3.05) is 76.3 Å². The number of nitriles is 1. The Morgan fingerprint density at radius 2 is 1.86 bits per heavy atom. The van der Waals surface area contributed by atoms with Gasteiger partial charge in [0.25, 0.3) is 0 Å². The lowest BCUT2D eigenvalue weighted by Gasteiger charge is -2.35. The molecule has 0 spiro atoms. The second-order valence-electron chi connectivity index (χ2n) is 12.0. The van der Waals surface area contributed by atoms with Crippen LogP contribution in [0.4, 0.5) is 19.6 Å². The van der Waals surface area contributed by atoms with Crippen molar-refractivity contribution >= 4 is 32.4 Å². The maximum atomic E-state index is 15.4. The van der Waals surface area contributed by atoms with E-state index in [-0.39, 0.29) is 28.5 Å². The third-order valence-electron chi connectivity index (χ3n) is 8.37. The summed E-state index contributed by atoms with van der Waals surface area (Å²) in [7, 11) is 4.20. The highest BCUT2D eigenvalue weighted by atomic mass is 32.1. The molecule has 11 heteroatoms. The van der Waals surface area contributed by atoms with E-state index >= 15 is 8.78 Å². The summed E-state index contributed by atoms with van der Waals surface area (Å²) in [6, 6.07) is 11.3. The van der Waals surface area contributed by atoms with Gasteiger partial charge in [-0.1, -0.05) is 17.4 Å². The average Bonchev–Trinajstić information content (AvgIpc) is 3.44. The molecule has 44 heavy (non-hydrogen) atoms. The van der Waals surface area contributed by atoms with Gasteiger partial charge in [-0.15, -0.1) is 0 Å². The molecule has 0 unspecified atom stereocenters. The van der Waals surface area contributed by atoms with Crippen molar-refractivity contribution in [3.63, 3.8) is 0 Å². The summed E-state index contributed by atoms with van der Waals surface area (Å²) in [6.07, 6.45) is 1.44. The molecule has 1 saturated heterocycles. The SMILES string of the molecule is CC(C)N1CCOc2c(F)cc(-c3c(F)cnc(Cc4ccc5sc(N6CCN(CCN(C)C)CC6)nc5c4)c3C#N)cc21. The van der Waals surface area contributed by atoms with E-state index in [2.05, 4.69) is 45.9 Å². The number of halogens is 2.